The second-order valence-electron chi connectivity index (χ2n) is 13.4. The number of anilines is 1. The number of nitrogens with zero attached hydrogens (tertiary/aromatic N) is 4. The van der Waals surface area contributed by atoms with Gasteiger partial charge in [-0.2, -0.15) is 4.31 Å². The Hall–Kier alpha value is -2.52. The van der Waals surface area contributed by atoms with Crippen molar-refractivity contribution < 1.29 is 90.7 Å². The molecule has 1 aliphatic heterocycles. The number of fused-ring (bicyclic) bond motifs is 1. The van der Waals surface area contributed by atoms with Crippen molar-refractivity contribution in [2.24, 2.45) is 5.41 Å². The molecule has 0 bridgehead atoms. The highest BCUT2D eigenvalue weighted by atomic mass is 32.2. The third kappa shape index (κ3) is 15.2. The lowest BCUT2D eigenvalue weighted by atomic mass is 9.87. The highest BCUT2D eigenvalue weighted by molar-refractivity contribution is 8.13. The standard InChI is InChI=1S/C27H46N7O19P3S/c1-26(2,21(39)24(40)30-6-4-16(36)29-7-9-57-17(37)10-27(3,41)5-8-35)12-50-56(47,48)53-55(45,46)49-11-15-20(52-54(42,43)44)19(38)25(51-15)34-14-33-18-22(28)31-13-32-23(18)34/h13-15,19-21,25,35,38-39,41H,4-12H2,1-3H3,(H,29,36)(H,30,40)(H,45,46)(H,47,48)(H2,28,31,32)(H2,42,43,44). The fourth-order valence-electron chi connectivity index (χ4n) is 4.99. The number of nitrogens with two attached hydrogens (primary N) is 1. The van der Waals surface area contributed by atoms with Crippen LogP contribution in [0.5, 0.6) is 0 Å². The van der Waals surface area contributed by atoms with Crippen LogP contribution < -0.4 is 16.4 Å². The van der Waals surface area contributed by atoms with Crippen molar-refractivity contribution in [3.8, 4) is 0 Å². The van der Waals surface area contributed by atoms with Gasteiger partial charge in [0.1, 0.15) is 36.3 Å². The maximum Gasteiger partial charge on any atom is 0.481 e. The fourth-order valence-corrected chi connectivity index (χ4v) is 8.66. The first-order valence-corrected chi connectivity index (χ1v) is 22.1. The minimum atomic E-state index is -5.59. The van der Waals surface area contributed by atoms with Gasteiger partial charge in [0.25, 0.3) is 0 Å². The molecule has 1 saturated heterocycles. The smallest absolute Gasteiger partial charge is 0.396 e. The molecule has 8 atom stereocenters. The van der Waals surface area contributed by atoms with Crippen LogP contribution in [-0.4, -0.2) is 145 Å². The Kier molecular flexibility index (Phi) is 17.3. The summed E-state index contributed by atoms with van der Waals surface area (Å²) in [6.45, 7) is 1.38. The number of nitrogen functional groups attached to an aromatic ring is 1. The van der Waals surface area contributed by atoms with Crippen molar-refractivity contribution in [3.05, 3.63) is 12.7 Å². The first kappa shape index (κ1) is 48.8. The number of nitrogens with one attached hydrogen (secondary N) is 2. The summed E-state index contributed by atoms with van der Waals surface area (Å²) in [5.41, 5.74) is 2.86. The van der Waals surface area contributed by atoms with Crippen LogP contribution in [0.2, 0.25) is 0 Å². The monoisotopic (exact) mass is 897 g/mol. The van der Waals surface area contributed by atoms with Gasteiger partial charge in [-0.05, 0) is 13.3 Å². The Balaban J connectivity index is 1.47. The molecule has 2 aromatic heterocycles. The molecule has 8 unspecified atom stereocenters. The Bertz CT molecular complexity index is 1870. The van der Waals surface area contributed by atoms with E-state index in [-0.39, 0.29) is 66.8 Å². The molecule has 0 aromatic carbocycles. The van der Waals surface area contributed by atoms with Crippen LogP contribution in [0.25, 0.3) is 11.2 Å². The molecule has 2 aromatic rings. The summed E-state index contributed by atoms with van der Waals surface area (Å²) in [5.74, 6) is -1.37. The summed E-state index contributed by atoms with van der Waals surface area (Å²) in [6.07, 6.45) is -7.23. The van der Waals surface area contributed by atoms with E-state index in [4.69, 9.17) is 24.6 Å². The molecule has 0 spiro atoms. The predicted molar refractivity (Wildman–Crippen MR) is 194 cm³/mol. The lowest BCUT2D eigenvalue weighted by Gasteiger charge is -2.30. The van der Waals surface area contributed by atoms with Crippen LogP contribution >= 0.6 is 35.2 Å². The first-order chi connectivity index (χ1) is 26.3. The molecule has 57 heavy (non-hydrogen) atoms. The summed E-state index contributed by atoms with van der Waals surface area (Å²) >= 11 is 0.881. The van der Waals surface area contributed by atoms with Crippen molar-refractivity contribution in [2.45, 2.75) is 76.3 Å². The van der Waals surface area contributed by atoms with Gasteiger partial charge in [0.05, 0.1) is 25.1 Å². The summed E-state index contributed by atoms with van der Waals surface area (Å²) in [4.78, 5) is 87.5. The minimum absolute atomic E-state index is 0.0213. The van der Waals surface area contributed by atoms with Crippen LogP contribution in [-0.2, 0) is 50.7 Å². The molecule has 1 aliphatic rings. The Morgan fingerprint density at radius 2 is 1.72 bits per heavy atom. The van der Waals surface area contributed by atoms with Crippen LogP contribution in [0.15, 0.2) is 12.7 Å². The average molecular weight is 898 g/mol. The van der Waals surface area contributed by atoms with E-state index < -0.39 is 90.2 Å². The average Bonchev–Trinajstić information content (AvgIpc) is 3.64. The predicted octanol–water partition coefficient (Wildman–Crippen LogP) is -1.81. The fraction of sp³-hybridized carbons (Fsp3) is 0.704. The highest BCUT2D eigenvalue weighted by Crippen LogP contribution is 2.61. The summed E-state index contributed by atoms with van der Waals surface area (Å²) in [5, 5.41) is 44.8. The molecule has 0 aliphatic carbocycles. The van der Waals surface area contributed by atoms with Gasteiger partial charge in [0.15, 0.2) is 22.8 Å². The summed E-state index contributed by atoms with van der Waals surface area (Å²) in [7, 11) is -16.4. The number of thioether (sulfide) groups is 1. The first-order valence-electron chi connectivity index (χ1n) is 16.6. The SMILES string of the molecule is CC(O)(CCO)CC(=O)SCCNC(=O)CCNC(=O)C(O)C(C)(C)COP(=O)(O)OP(=O)(O)OCC1OC(n2cnc3c(N)ncnc32)C(O)C1OP(=O)(O)O. The van der Waals surface area contributed by atoms with Crippen LogP contribution in [0.1, 0.15) is 46.3 Å². The van der Waals surface area contributed by atoms with E-state index in [1.807, 2.05) is 0 Å². The normalized spacial score (nSPS) is 22.6. The molecule has 2 amide bonds. The highest BCUT2D eigenvalue weighted by Gasteiger charge is 2.50. The van der Waals surface area contributed by atoms with Crippen LogP contribution in [0.4, 0.5) is 5.82 Å². The molecule has 0 saturated carbocycles. The number of aromatic nitrogens is 4. The molecule has 3 heterocycles. The van der Waals surface area contributed by atoms with E-state index in [1.165, 1.54) is 20.8 Å². The molecular weight excluding hydrogens is 851 g/mol. The maximum absolute atomic E-state index is 12.7. The number of aliphatic hydroxyl groups is 4. The largest absolute Gasteiger partial charge is 0.481 e. The van der Waals surface area contributed by atoms with Gasteiger partial charge >= 0.3 is 23.5 Å². The van der Waals surface area contributed by atoms with Crippen LogP contribution in [0, 0.1) is 5.41 Å². The number of imidazole rings is 1. The number of aliphatic hydroxyl groups excluding tert-OH is 3. The molecular formula is C27H46N7O19P3S. The minimum Gasteiger partial charge on any atom is -0.396 e. The zero-order valence-electron chi connectivity index (χ0n) is 30.6. The van der Waals surface area contributed by atoms with Gasteiger partial charge in [0, 0.05) is 43.7 Å². The number of carbonyl (C=O) groups excluding carboxylic acids is 3. The van der Waals surface area contributed by atoms with Gasteiger partial charge in [-0.15, -0.1) is 0 Å². The number of phosphoric acid groups is 3. The van der Waals surface area contributed by atoms with E-state index in [0.717, 1.165) is 29.0 Å². The molecule has 0 radical (unpaired) electrons. The Morgan fingerprint density at radius 1 is 1.05 bits per heavy atom. The lowest BCUT2D eigenvalue weighted by Crippen LogP contribution is -2.46. The van der Waals surface area contributed by atoms with Gasteiger partial charge < -0.3 is 61.1 Å². The number of ether oxygens (including phenoxy) is 1. The van der Waals surface area contributed by atoms with Gasteiger partial charge in [-0.25, -0.2) is 28.6 Å². The van der Waals surface area contributed by atoms with Crippen molar-refractivity contribution >= 4 is 69.1 Å². The van der Waals surface area contributed by atoms with Crippen molar-refractivity contribution in [2.75, 3.05) is 44.4 Å². The van der Waals surface area contributed by atoms with Crippen molar-refractivity contribution in [1.29, 1.82) is 0 Å². The van der Waals surface area contributed by atoms with E-state index in [2.05, 4.69) is 34.4 Å². The Labute approximate surface area is 328 Å². The van der Waals surface area contributed by atoms with Gasteiger partial charge in [-0.1, -0.05) is 25.6 Å². The topological polar surface area (TPSA) is 404 Å². The zero-order valence-corrected chi connectivity index (χ0v) is 34.1. The molecule has 30 heteroatoms. The molecule has 12 N–H and O–H groups in total. The second-order valence-corrected chi connectivity index (χ2v) is 18.8. The van der Waals surface area contributed by atoms with E-state index in [0.29, 0.717) is 0 Å². The maximum atomic E-state index is 12.7. The van der Waals surface area contributed by atoms with Crippen LogP contribution in [0.3, 0.4) is 0 Å². The van der Waals surface area contributed by atoms with E-state index in [9.17, 15) is 63.0 Å². The number of hydrogen-bond acceptors (Lipinski definition) is 20. The van der Waals surface area contributed by atoms with Crippen molar-refractivity contribution in [3.63, 3.8) is 0 Å². The molecule has 26 nitrogen and oxygen atoms in total. The van der Waals surface area contributed by atoms with E-state index in [1.54, 1.807) is 0 Å². The lowest BCUT2D eigenvalue weighted by molar-refractivity contribution is -0.137. The third-order valence-corrected chi connectivity index (χ3v) is 11.9. The number of carbonyl (C=O) groups is 3. The summed E-state index contributed by atoms with van der Waals surface area (Å²) in [6, 6.07) is 0. The van der Waals surface area contributed by atoms with Gasteiger partial charge in [0.2, 0.25) is 11.8 Å². The quantitative estimate of drug-likeness (QED) is 0.0432. The molecule has 324 valence electrons. The van der Waals surface area contributed by atoms with Gasteiger partial charge in [-0.3, -0.25) is 32.5 Å². The number of rotatable bonds is 23. The summed E-state index contributed by atoms with van der Waals surface area (Å²) < 4.78 is 62.0. The zero-order chi connectivity index (χ0) is 43.0. The number of phosphoric ester groups is 3. The molecule has 1 fully saturated rings. The second kappa shape index (κ2) is 20.2. The number of amides is 2. The van der Waals surface area contributed by atoms with Crippen molar-refractivity contribution in [1.82, 2.24) is 30.2 Å². The molecule has 3 rings (SSSR count). The Morgan fingerprint density at radius 3 is 2.37 bits per heavy atom. The van der Waals surface area contributed by atoms with E-state index >= 15 is 0 Å². The number of hydrogen-bond donors (Lipinski definition) is 11. The third-order valence-electron chi connectivity index (χ3n) is 7.94.